The average molecular weight is 250 g/mol. The van der Waals surface area contributed by atoms with Gasteiger partial charge in [-0.1, -0.05) is 11.6 Å². The first-order valence-electron chi connectivity index (χ1n) is 3.97. The molecule has 86 valence electrons. The molecule has 0 aromatic carbocycles. The van der Waals surface area contributed by atoms with Gasteiger partial charge in [0.2, 0.25) is 5.95 Å². The smallest absolute Gasteiger partial charge is 0.351 e. The number of anilines is 1. The second-order valence-electron chi connectivity index (χ2n) is 2.71. The Kier molecular flexibility index (Phi) is 3.73. The van der Waals surface area contributed by atoms with Gasteiger partial charge in [0.25, 0.3) is 0 Å². The summed E-state index contributed by atoms with van der Waals surface area (Å²) in [5.41, 5.74) is 1.66. The van der Waals surface area contributed by atoms with Crippen molar-refractivity contribution >= 4 is 29.1 Å². The molecule has 1 aromatic heterocycles. The van der Waals surface area contributed by atoms with Crippen LogP contribution in [-0.4, -0.2) is 21.8 Å². The number of carbonyl (C=O) groups is 1. The Morgan fingerprint density at radius 1 is 1.62 bits per heavy atom. The predicted octanol–water partition coefficient (Wildman–Crippen LogP) is 1.89. The van der Waals surface area contributed by atoms with E-state index in [-0.39, 0.29) is 5.71 Å². The van der Waals surface area contributed by atoms with E-state index in [4.69, 9.17) is 16.7 Å². The Hall–Kier alpha value is -1.76. The predicted molar refractivity (Wildman–Crippen MR) is 53.5 cm³/mol. The van der Waals surface area contributed by atoms with Gasteiger partial charge in [-0.2, -0.15) is 14.5 Å². The molecule has 0 aliphatic rings. The van der Waals surface area contributed by atoms with Crippen molar-refractivity contribution in [3.8, 4) is 0 Å². The summed E-state index contributed by atoms with van der Waals surface area (Å²) in [5, 5.41) is 11.3. The van der Waals surface area contributed by atoms with Crippen LogP contribution in [-0.2, 0) is 4.79 Å². The fraction of sp³-hybridized carbons (Fsp3) is 0.125. The SMILES string of the molecule is CC(=NNc1nc(F)c(Cl)cc1F)C(=O)O. The van der Waals surface area contributed by atoms with Crippen LogP contribution in [0.4, 0.5) is 14.6 Å². The van der Waals surface area contributed by atoms with Crippen molar-refractivity contribution in [2.24, 2.45) is 5.10 Å². The molecule has 0 spiro atoms. The van der Waals surface area contributed by atoms with Crippen molar-refractivity contribution in [2.75, 3.05) is 5.43 Å². The summed E-state index contributed by atoms with van der Waals surface area (Å²) in [6, 6.07) is 0.706. The van der Waals surface area contributed by atoms with Gasteiger partial charge in [-0.15, -0.1) is 0 Å². The van der Waals surface area contributed by atoms with Crippen molar-refractivity contribution in [1.82, 2.24) is 4.98 Å². The number of nitrogens with one attached hydrogen (secondary N) is 1. The van der Waals surface area contributed by atoms with Crippen molar-refractivity contribution in [3.05, 3.63) is 22.9 Å². The minimum absolute atomic E-state index is 0.323. The number of hydrogen-bond acceptors (Lipinski definition) is 4. The number of aromatic nitrogens is 1. The van der Waals surface area contributed by atoms with Gasteiger partial charge < -0.3 is 5.11 Å². The highest BCUT2D eigenvalue weighted by Crippen LogP contribution is 2.19. The number of nitrogens with zero attached hydrogens (tertiary/aromatic N) is 2. The van der Waals surface area contributed by atoms with Gasteiger partial charge in [-0.25, -0.2) is 9.18 Å². The van der Waals surface area contributed by atoms with Gasteiger partial charge >= 0.3 is 5.97 Å². The first-order valence-corrected chi connectivity index (χ1v) is 4.34. The third kappa shape index (κ3) is 2.86. The molecule has 1 heterocycles. The molecule has 1 rings (SSSR count). The second kappa shape index (κ2) is 4.84. The number of carboxylic acids is 1. The fourth-order valence-electron chi connectivity index (χ4n) is 0.707. The molecule has 0 fully saturated rings. The summed E-state index contributed by atoms with van der Waals surface area (Å²) in [6.45, 7) is 1.18. The monoisotopic (exact) mass is 249 g/mol. The van der Waals surface area contributed by atoms with E-state index >= 15 is 0 Å². The summed E-state index contributed by atoms with van der Waals surface area (Å²) in [5.74, 6) is -3.84. The molecule has 0 saturated heterocycles. The van der Waals surface area contributed by atoms with Crippen molar-refractivity contribution in [1.29, 1.82) is 0 Å². The maximum atomic E-state index is 13.1. The highest BCUT2D eigenvalue weighted by atomic mass is 35.5. The molecule has 0 saturated carbocycles. The number of rotatable bonds is 3. The highest BCUT2D eigenvalue weighted by Gasteiger charge is 2.10. The van der Waals surface area contributed by atoms with Crippen LogP contribution in [0.25, 0.3) is 0 Å². The summed E-state index contributed by atoms with van der Waals surface area (Å²) in [4.78, 5) is 13.5. The molecule has 16 heavy (non-hydrogen) atoms. The fourth-order valence-corrected chi connectivity index (χ4v) is 0.845. The van der Waals surface area contributed by atoms with E-state index in [0.717, 1.165) is 0 Å². The number of carboxylic acid groups (broad SMARTS) is 1. The molecule has 0 amide bonds. The number of pyridine rings is 1. The molecule has 8 heteroatoms. The van der Waals surface area contributed by atoms with Gasteiger partial charge in [0.15, 0.2) is 11.6 Å². The van der Waals surface area contributed by atoms with E-state index in [1.54, 1.807) is 0 Å². The van der Waals surface area contributed by atoms with E-state index in [0.29, 0.717) is 6.07 Å². The van der Waals surface area contributed by atoms with Crippen LogP contribution in [0.15, 0.2) is 11.2 Å². The van der Waals surface area contributed by atoms with Gasteiger partial charge in [-0.3, -0.25) is 5.43 Å². The summed E-state index contributed by atoms with van der Waals surface area (Å²) >= 11 is 5.26. The first-order chi connectivity index (χ1) is 7.41. The quantitative estimate of drug-likeness (QED) is 0.487. The highest BCUT2D eigenvalue weighted by molar-refractivity contribution is 6.34. The molecule has 1 aromatic rings. The van der Waals surface area contributed by atoms with Crippen molar-refractivity contribution < 1.29 is 18.7 Å². The Bertz CT molecular complexity index is 465. The molecule has 5 nitrogen and oxygen atoms in total. The normalized spacial score (nSPS) is 11.4. The Morgan fingerprint density at radius 3 is 2.81 bits per heavy atom. The molecular formula is C8H6ClF2N3O2. The molecule has 0 radical (unpaired) electrons. The Labute approximate surface area is 93.8 Å². The van der Waals surface area contributed by atoms with Crippen LogP contribution in [0, 0.1) is 11.8 Å². The van der Waals surface area contributed by atoms with E-state index in [9.17, 15) is 13.6 Å². The van der Waals surface area contributed by atoms with Gasteiger partial charge in [0.05, 0.1) is 5.02 Å². The Balaban J connectivity index is 2.94. The number of hydrogen-bond donors (Lipinski definition) is 2. The number of hydrazone groups is 1. The van der Waals surface area contributed by atoms with Crippen LogP contribution in [0.2, 0.25) is 5.02 Å². The molecule has 0 bridgehead atoms. The zero-order valence-corrected chi connectivity index (χ0v) is 8.72. The van der Waals surface area contributed by atoms with E-state index in [1.165, 1.54) is 6.92 Å². The van der Waals surface area contributed by atoms with Crippen molar-refractivity contribution in [3.63, 3.8) is 0 Å². The third-order valence-electron chi connectivity index (χ3n) is 1.53. The van der Waals surface area contributed by atoms with Crippen LogP contribution >= 0.6 is 11.6 Å². The summed E-state index contributed by atoms with van der Waals surface area (Å²) < 4.78 is 25.9. The molecule has 2 N–H and O–H groups in total. The third-order valence-corrected chi connectivity index (χ3v) is 1.79. The topological polar surface area (TPSA) is 74.6 Å². The zero-order chi connectivity index (χ0) is 12.3. The van der Waals surface area contributed by atoms with E-state index in [1.807, 2.05) is 5.43 Å². The van der Waals surface area contributed by atoms with Crippen molar-refractivity contribution in [2.45, 2.75) is 6.92 Å². The molecular weight excluding hydrogens is 244 g/mol. The van der Waals surface area contributed by atoms with E-state index in [2.05, 4.69) is 10.1 Å². The van der Waals surface area contributed by atoms with E-state index < -0.39 is 28.6 Å². The first kappa shape index (κ1) is 12.3. The standard InChI is InChI=1S/C8H6ClF2N3O2/c1-3(8(15)16)13-14-7-5(10)2-4(9)6(11)12-7/h2H,1H3,(H,12,14)(H,15,16). The van der Waals surface area contributed by atoms with Crippen LogP contribution in [0.1, 0.15) is 6.92 Å². The maximum absolute atomic E-state index is 13.1. The molecule has 0 aliphatic carbocycles. The maximum Gasteiger partial charge on any atom is 0.351 e. The van der Waals surface area contributed by atoms with Crippen LogP contribution in [0.5, 0.6) is 0 Å². The average Bonchev–Trinajstić information content (AvgIpc) is 2.20. The zero-order valence-electron chi connectivity index (χ0n) is 7.96. The summed E-state index contributed by atoms with van der Waals surface area (Å²) in [7, 11) is 0. The minimum Gasteiger partial charge on any atom is -0.477 e. The van der Waals surface area contributed by atoms with Crippen LogP contribution in [0.3, 0.4) is 0 Å². The molecule has 0 atom stereocenters. The minimum atomic E-state index is -1.29. The lowest BCUT2D eigenvalue weighted by Gasteiger charge is -2.02. The van der Waals surface area contributed by atoms with Crippen LogP contribution < -0.4 is 5.43 Å². The van der Waals surface area contributed by atoms with Gasteiger partial charge in [0, 0.05) is 6.07 Å². The lowest BCUT2D eigenvalue weighted by atomic mass is 10.4. The molecule has 0 unspecified atom stereocenters. The van der Waals surface area contributed by atoms with Gasteiger partial charge in [0.1, 0.15) is 5.71 Å². The number of aliphatic carboxylic acids is 1. The Morgan fingerprint density at radius 2 is 2.25 bits per heavy atom. The lowest BCUT2D eigenvalue weighted by molar-refractivity contribution is -0.129. The molecule has 0 aliphatic heterocycles. The van der Waals surface area contributed by atoms with Gasteiger partial charge in [-0.05, 0) is 6.92 Å². The lowest BCUT2D eigenvalue weighted by Crippen LogP contribution is -2.11. The summed E-state index contributed by atoms with van der Waals surface area (Å²) in [6.07, 6.45) is 0. The number of halogens is 3. The largest absolute Gasteiger partial charge is 0.477 e. The second-order valence-corrected chi connectivity index (χ2v) is 3.11.